The normalized spacial score (nSPS) is 19.8. The summed E-state index contributed by atoms with van der Waals surface area (Å²) in [5.41, 5.74) is 2.72. The number of anilines is 1. The summed E-state index contributed by atoms with van der Waals surface area (Å²) in [5, 5.41) is 4.83. The van der Waals surface area contributed by atoms with E-state index < -0.39 is 0 Å². The Morgan fingerprint density at radius 3 is 2.41 bits per heavy atom. The lowest BCUT2D eigenvalue weighted by Gasteiger charge is -2.07. The standard InChI is InChI=1S/C17H14Cl3NO/c1-9-4-13(2-3-16(9)20)21-17(22)15-8-14(15)10-5-11(18)7-12(19)6-10/h2-7,14-15H,8H2,1H3,(H,21,22). The lowest BCUT2D eigenvalue weighted by atomic mass is 10.1. The van der Waals surface area contributed by atoms with Crippen molar-refractivity contribution in [3.8, 4) is 0 Å². The maximum Gasteiger partial charge on any atom is 0.228 e. The van der Waals surface area contributed by atoms with E-state index >= 15 is 0 Å². The van der Waals surface area contributed by atoms with Crippen LogP contribution in [0.2, 0.25) is 15.1 Å². The molecule has 0 heterocycles. The van der Waals surface area contributed by atoms with Crippen LogP contribution in [0.15, 0.2) is 36.4 Å². The Balaban J connectivity index is 1.68. The number of rotatable bonds is 3. The first-order valence-corrected chi connectivity index (χ1v) is 8.10. The molecule has 2 atom stereocenters. The van der Waals surface area contributed by atoms with Gasteiger partial charge < -0.3 is 5.32 Å². The average molecular weight is 355 g/mol. The molecular weight excluding hydrogens is 341 g/mol. The number of carbonyl (C=O) groups is 1. The van der Waals surface area contributed by atoms with E-state index in [-0.39, 0.29) is 17.7 Å². The second-order valence-electron chi connectivity index (χ2n) is 5.60. The topological polar surface area (TPSA) is 29.1 Å². The van der Waals surface area contributed by atoms with Gasteiger partial charge in [0.1, 0.15) is 0 Å². The van der Waals surface area contributed by atoms with Crippen molar-refractivity contribution in [1.82, 2.24) is 0 Å². The highest BCUT2D eigenvalue weighted by Gasteiger charge is 2.44. The monoisotopic (exact) mass is 353 g/mol. The molecule has 1 fully saturated rings. The van der Waals surface area contributed by atoms with E-state index in [0.29, 0.717) is 15.1 Å². The SMILES string of the molecule is Cc1cc(NC(=O)C2CC2c2cc(Cl)cc(Cl)c2)ccc1Cl. The van der Waals surface area contributed by atoms with Crippen LogP contribution in [0.4, 0.5) is 5.69 Å². The number of nitrogens with one attached hydrogen (secondary N) is 1. The molecular formula is C17H14Cl3NO. The minimum atomic E-state index is -0.0366. The van der Waals surface area contributed by atoms with Crippen molar-refractivity contribution in [2.75, 3.05) is 5.32 Å². The first-order valence-electron chi connectivity index (χ1n) is 6.97. The molecule has 114 valence electrons. The molecule has 3 rings (SSSR count). The Morgan fingerprint density at radius 1 is 1.09 bits per heavy atom. The summed E-state index contributed by atoms with van der Waals surface area (Å²) in [4.78, 5) is 12.3. The molecule has 2 nitrogen and oxygen atoms in total. The summed E-state index contributed by atoms with van der Waals surface area (Å²) in [6, 6.07) is 10.9. The Morgan fingerprint density at radius 2 is 1.77 bits per heavy atom. The summed E-state index contributed by atoms with van der Waals surface area (Å²) in [7, 11) is 0. The van der Waals surface area contributed by atoms with E-state index in [9.17, 15) is 4.79 Å². The van der Waals surface area contributed by atoms with Crippen LogP contribution in [-0.2, 0) is 4.79 Å². The van der Waals surface area contributed by atoms with Crippen LogP contribution in [0.25, 0.3) is 0 Å². The maximum atomic E-state index is 12.3. The third-order valence-electron chi connectivity index (χ3n) is 3.87. The zero-order valence-electron chi connectivity index (χ0n) is 11.9. The Kier molecular flexibility index (Phi) is 4.35. The molecule has 1 aliphatic rings. The molecule has 1 N–H and O–H groups in total. The highest BCUT2D eigenvalue weighted by Crippen LogP contribution is 2.49. The van der Waals surface area contributed by atoms with E-state index in [1.807, 2.05) is 25.1 Å². The molecule has 0 saturated heterocycles. The summed E-state index contributed by atoms with van der Waals surface area (Å²) >= 11 is 18.0. The molecule has 0 radical (unpaired) electrons. The zero-order valence-corrected chi connectivity index (χ0v) is 14.1. The van der Waals surface area contributed by atoms with Crippen molar-refractivity contribution in [2.24, 2.45) is 5.92 Å². The quantitative estimate of drug-likeness (QED) is 0.753. The number of carbonyl (C=O) groups excluding carboxylic acids is 1. The molecule has 1 amide bonds. The van der Waals surface area contributed by atoms with E-state index in [4.69, 9.17) is 34.8 Å². The zero-order chi connectivity index (χ0) is 15.9. The van der Waals surface area contributed by atoms with Crippen molar-refractivity contribution in [2.45, 2.75) is 19.3 Å². The van der Waals surface area contributed by atoms with Crippen molar-refractivity contribution in [3.63, 3.8) is 0 Å². The van der Waals surface area contributed by atoms with Gasteiger partial charge >= 0.3 is 0 Å². The molecule has 1 aliphatic carbocycles. The van der Waals surface area contributed by atoms with E-state index in [0.717, 1.165) is 23.2 Å². The minimum Gasteiger partial charge on any atom is -0.326 e. The first kappa shape index (κ1) is 15.7. The average Bonchev–Trinajstić information content (AvgIpc) is 3.22. The molecule has 0 aromatic heterocycles. The van der Waals surface area contributed by atoms with E-state index in [2.05, 4.69) is 5.32 Å². The largest absolute Gasteiger partial charge is 0.326 e. The van der Waals surface area contributed by atoms with Gasteiger partial charge in [-0.1, -0.05) is 34.8 Å². The maximum absolute atomic E-state index is 12.3. The van der Waals surface area contributed by atoms with Crippen LogP contribution in [-0.4, -0.2) is 5.91 Å². The van der Waals surface area contributed by atoms with E-state index in [1.165, 1.54) is 0 Å². The molecule has 0 aliphatic heterocycles. The summed E-state index contributed by atoms with van der Waals surface area (Å²) in [6.07, 6.45) is 0.815. The predicted molar refractivity (Wildman–Crippen MR) is 92.1 cm³/mol. The van der Waals surface area contributed by atoms with Crippen molar-refractivity contribution in [1.29, 1.82) is 0 Å². The van der Waals surface area contributed by atoms with Crippen LogP contribution >= 0.6 is 34.8 Å². The number of aryl methyl sites for hydroxylation is 1. The van der Waals surface area contributed by atoms with Crippen LogP contribution in [0.3, 0.4) is 0 Å². The van der Waals surface area contributed by atoms with Crippen molar-refractivity contribution < 1.29 is 4.79 Å². The second-order valence-corrected chi connectivity index (χ2v) is 6.88. The molecule has 0 bridgehead atoms. The highest BCUT2D eigenvalue weighted by atomic mass is 35.5. The Bertz CT molecular complexity index is 724. The fraction of sp³-hybridized carbons (Fsp3) is 0.235. The Labute approximate surface area is 144 Å². The van der Waals surface area contributed by atoms with Crippen LogP contribution in [0.1, 0.15) is 23.5 Å². The van der Waals surface area contributed by atoms with Gasteiger partial charge in [0.2, 0.25) is 5.91 Å². The summed E-state index contributed by atoms with van der Waals surface area (Å²) < 4.78 is 0. The van der Waals surface area contributed by atoms with Gasteiger partial charge in [-0.3, -0.25) is 4.79 Å². The molecule has 2 aromatic rings. The number of benzene rings is 2. The smallest absolute Gasteiger partial charge is 0.228 e. The van der Waals surface area contributed by atoms with Gasteiger partial charge in [-0.05, 0) is 66.8 Å². The molecule has 2 unspecified atom stereocenters. The molecule has 22 heavy (non-hydrogen) atoms. The van der Waals surface area contributed by atoms with Gasteiger partial charge in [-0.25, -0.2) is 0 Å². The predicted octanol–water partition coefficient (Wildman–Crippen LogP) is 5.70. The van der Waals surface area contributed by atoms with Crippen LogP contribution < -0.4 is 5.32 Å². The van der Waals surface area contributed by atoms with Crippen molar-refractivity contribution in [3.05, 3.63) is 62.6 Å². The number of halogens is 3. The third-order valence-corrected chi connectivity index (χ3v) is 4.73. The minimum absolute atomic E-state index is 0.0165. The van der Waals surface area contributed by atoms with Gasteiger partial charge in [0.15, 0.2) is 0 Å². The van der Waals surface area contributed by atoms with E-state index in [1.54, 1.807) is 18.2 Å². The molecule has 0 spiro atoms. The van der Waals surface area contributed by atoms with Gasteiger partial charge in [0.05, 0.1) is 0 Å². The van der Waals surface area contributed by atoms with Gasteiger partial charge in [0.25, 0.3) is 0 Å². The van der Waals surface area contributed by atoms with Crippen LogP contribution in [0.5, 0.6) is 0 Å². The molecule has 5 heteroatoms. The van der Waals surface area contributed by atoms with Gasteiger partial charge in [-0.15, -0.1) is 0 Å². The lowest BCUT2D eigenvalue weighted by molar-refractivity contribution is -0.117. The number of amides is 1. The Hall–Kier alpha value is -1.22. The van der Waals surface area contributed by atoms with Crippen molar-refractivity contribution >= 4 is 46.4 Å². The molecule has 1 saturated carbocycles. The summed E-state index contributed by atoms with van der Waals surface area (Å²) in [6.45, 7) is 1.91. The molecule has 2 aromatic carbocycles. The van der Waals surface area contributed by atoms with Crippen LogP contribution in [0, 0.1) is 12.8 Å². The first-order chi connectivity index (χ1) is 10.4. The fourth-order valence-electron chi connectivity index (χ4n) is 2.60. The third kappa shape index (κ3) is 3.40. The summed E-state index contributed by atoms with van der Waals surface area (Å²) in [5.74, 6) is 0.165. The highest BCUT2D eigenvalue weighted by molar-refractivity contribution is 6.34. The number of hydrogen-bond donors (Lipinski definition) is 1. The van der Waals surface area contributed by atoms with Gasteiger partial charge in [0, 0.05) is 26.7 Å². The lowest BCUT2D eigenvalue weighted by Crippen LogP contribution is -2.14. The fourth-order valence-corrected chi connectivity index (χ4v) is 3.26. The number of hydrogen-bond acceptors (Lipinski definition) is 1. The van der Waals surface area contributed by atoms with Gasteiger partial charge in [-0.2, -0.15) is 0 Å². The second kappa shape index (κ2) is 6.11.